The summed E-state index contributed by atoms with van der Waals surface area (Å²) in [6, 6.07) is 0. The first-order valence-corrected chi connectivity index (χ1v) is 5.53. The van der Waals surface area contributed by atoms with E-state index in [0.717, 1.165) is 26.2 Å². The lowest BCUT2D eigenvalue weighted by molar-refractivity contribution is -0.383. The van der Waals surface area contributed by atoms with E-state index in [0.29, 0.717) is 0 Å². The number of rotatable bonds is 3. The van der Waals surface area contributed by atoms with Crippen molar-refractivity contribution in [2.75, 3.05) is 44.4 Å². The van der Waals surface area contributed by atoms with Crippen molar-refractivity contribution >= 4 is 17.3 Å². The average molecular weight is 253 g/mol. The number of nitrogen functional groups attached to an aromatic ring is 1. The number of nitro groups is 1. The maximum absolute atomic E-state index is 10.9. The minimum Gasteiger partial charge on any atom is -0.378 e. The SMILES string of the molecule is CN1CCN(Nc2ncnc(N)c2[N+](=O)[O-])CC1. The number of hydrazine groups is 1. The zero-order valence-electron chi connectivity index (χ0n) is 10.0. The fourth-order valence-electron chi connectivity index (χ4n) is 1.72. The van der Waals surface area contributed by atoms with E-state index in [1.54, 1.807) is 0 Å². The summed E-state index contributed by atoms with van der Waals surface area (Å²) in [5, 5.41) is 12.8. The van der Waals surface area contributed by atoms with E-state index in [9.17, 15) is 10.1 Å². The highest BCUT2D eigenvalue weighted by Crippen LogP contribution is 2.26. The van der Waals surface area contributed by atoms with Gasteiger partial charge in [-0.1, -0.05) is 0 Å². The first kappa shape index (κ1) is 12.5. The lowest BCUT2D eigenvalue weighted by Crippen LogP contribution is -2.47. The molecule has 1 aromatic heterocycles. The smallest absolute Gasteiger partial charge is 0.354 e. The number of aromatic nitrogens is 2. The fourth-order valence-corrected chi connectivity index (χ4v) is 1.72. The van der Waals surface area contributed by atoms with Crippen LogP contribution in [0.25, 0.3) is 0 Å². The summed E-state index contributed by atoms with van der Waals surface area (Å²) >= 11 is 0. The molecule has 2 rings (SSSR count). The predicted octanol–water partition coefficient (Wildman–Crippen LogP) is -0.459. The molecule has 0 saturated carbocycles. The van der Waals surface area contributed by atoms with Gasteiger partial charge in [-0.3, -0.25) is 15.5 Å². The molecule has 0 aliphatic carbocycles. The van der Waals surface area contributed by atoms with Gasteiger partial charge in [0.05, 0.1) is 4.92 Å². The van der Waals surface area contributed by atoms with Crippen LogP contribution in [0.5, 0.6) is 0 Å². The van der Waals surface area contributed by atoms with E-state index >= 15 is 0 Å². The molecule has 18 heavy (non-hydrogen) atoms. The van der Waals surface area contributed by atoms with E-state index in [1.807, 2.05) is 12.1 Å². The van der Waals surface area contributed by atoms with Crippen LogP contribution in [-0.4, -0.2) is 58.0 Å². The Morgan fingerprint density at radius 2 is 2.06 bits per heavy atom. The van der Waals surface area contributed by atoms with Crippen molar-refractivity contribution in [1.29, 1.82) is 0 Å². The number of piperazine rings is 1. The Morgan fingerprint density at radius 1 is 1.39 bits per heavy atom. The van der Waals surface area contributed by atoms with Gasteiger partial charge in [-0.2, -0.15) is 0 Å². The van der Waals surface area contributed by atoms with Crippen LogP contribution in [0.2, 0.25) is 0 Å². The van der Waals surface area contributed by atoms with Crippen LogP contribution >= 0.6 is 0 Å². The number of likely N-dealkylation sites (N-methyl/N-ethyl adjacent to an activating group) is 1. The van der Waals surface area contributed by atoms with Crippen LogP contribution in [-0.2, 0) is 0 Å². The molecule has 9 nitrogen and oxygen atoms in total. The molecule has 1 aliphatic heterocycles. The Kier molecular flexibility index (Phi) is 3.53. The number of anilines is 2. The maximum Gasteiger partial charge on any atom is 0.354 e. The van der Waals surface area contributed by atoms with E-state index in [2.05, 4.69) is 20.3 Å². The molecule has 1 fully saturated rings. The highest BCUT2D eigenvalue weighted by atomic mass is 16.6. The largest absolute Gasteiger partial charge is 0.378 e. The van der Waals surface area contributed by atoms with Crippen LogP contribution < -0.4 is 11.2 Å². The van der Waals surface area contributed by atoms with Gasteiger partial charge in [0.1, 0.15) is 6.33 Å². The molecule has 9 heteroatoms. The number of nitrogens with one attached hydrogen (secondary N) is 1. The topological polar surface area (TPSA) is 113 Å². The van der Waals surface area contributed by atoms with E-state index in [1.165, 1.54) is 6.33 Å². The predicted molar refractivity (Wildman–Crippen MR) is 65.8 cm³/mol. The summed E-state index contributed by atoms with van der Waals surface area (Å²) in [5.41, 5.74) is 8.13. The van der Waals surface area contributed by atoms with E-state index in [-0.39, 0.29) is 17.3 Å². The molecular weight excluding hydrogens is 238 g/mol. The minimum atomic E-state index is -0.576. The molecule has 0 bridgehead atoms. The molecule has 2 heterocycles. The van der Waals surface area contributed by atoms with Gasteiger partial charge in [-0.15, -0.1) is 0 Å². The Balaban J connectivity index is 2.14. The second kappa shape index (κ2) is 5.10. The number of nitrogens with two attached hydrogens (primary N) is 1. The van der Waals surface area contributed by atoms with Gasteiger partial charge in [-0.05, 0) is 7.05 Å². The second-order valence-corrected chi connectivity index (χ2v) is 4.12. The molecule has 0 amide bonds. The number of hydrogen-bond acceptors (Lipinski definition) is 8. The molecule has 0 unspecified atom stereocenters. The Hall–Kier alpha value is -2.00. The van der Waals surface area contributed by atoms with E-state index < -0.39 is 4.92 Å². The van der Waals surface area contributed by atoms with Gasteiger partial charge in [0.15, 0.2) is 0 Å². The van der Waals surface area contributed by atoms with Crippen molar-refractivity contribution in [2.45, 2.75) is 0 Å². The standard InChI is InChI=1S/C9H15N7O2/c1-14-2-4-15(5-3-14)13-9-7(16(17)18)8(10)11-6-12-9/h6H,2-5H2,1H3,(H3,10,11,12,13). The normalized spacial score (nSPS) is 17.6. The van der Waals surface area contributed by atoms with Gasteiger partial charge >= 0.3 is 5.69 Å². The summed E-state index contributed by atoms with van der Waals surface area (Å²) in [6.45, 7) is 3.30. The molecule has 3 N–H and O–H groups in total. The quantitative estimate of drug-likeness (QED) is 0.549. The molecular formula is C9H15N7O2. The maximum atomic E-state index is 10.9. The molecule has 1 saturated heterocycles. The zero-order chi connectivity index (χ0) is 13.1. The Bertz CT molecular complexity index is 445. The minimum absolute atomic E-state index is 0.133. The lowest BCUT2D eigenvalue weighted by Gasteiger charge is -2.32. The highest BCUT2D eigenvalue weighted by molar-refractivity contribution is 5.66. The van der Waals surface area contributed by atoms with Crippen LogP contribution in [0.4, 0.5) is 17.3 Å². The molecule has 0 aromatic carbocycles. The summed E-state index contributed by atoms with van der Waals surface area (Å²) in [6.07, 6.45) is 1.21. The third kappa shape index (κ3) is 2.63. The average Bonchev–Trinajstić information content (AvgIpc) is 2.32. The first-order chi connectivity index (χ1) is 8.58. The van der Waals surface area contributed by atoms with Crippen molar-refractivity contribution in [2.24, 2.45) is 0 Å². The van der Waals surface area contributed by atoms with Crippen molar-refractivity contribution in [3.63, 3.8) is 0 Å². The fraction of sp³-hybridized carbons (Fsp3) is 0.556. The van der Waals surface area contributed by atoms with Gasteiger partial charge in [0.2, 0.25) is 11.6 Å². The molecule has 0 atom stereocenters. The summed E-state index contributed by atoms with van der Waals surface area (Å²) < 4.78 is 0. The van der Waals surface area contributed by atoms with Gasteiger partial charge in [0.25, 0.3) is 0 Å². The molecule has 0 spiro atoms. The van der Waals surface area contributed by atoms with Crippen LogP contribution in [0.15, 0.2) is 6.33 Å². The zero-order valence-corrected chi connectivity index (χ0v) is 10.0. The summed E-state index contributed by atoms with van der Waals surface area (Å²) in [7, 11) is 2.03. The molecule has 1 aromatic rings. The van der Waals surface area contributed by atoms with Crippen LogP contribution in [0.3, 0.4) is 0 Å². The number of nitrogens with zero attached hydrogens (tertiary/aromatic N) is 5. The van der Waals surface area contributed by atoms with Crippen molar-refractivity contribution in [1.82, 2.24) is 19.9 Å². The third-order valence-electron chi connectivity index (χ3n) is 2.80. The van der Waals surface area contributed by atoms with Crippen LogP contribution in [0.1, 0.15) is 0 Å². The Labute approximate surface area is 104 Å². The highest BCUT2D eigenvalue weighted by Gasteiger charge is 2.23. The van der Waals surface area contributed by atoms with Crippen LogP contribution in [0, 0.1) is 10.1 Å². The third-order valence-corrected chi connectivity index (χ3v) is 2.80. The van der Waals surface area contributed by atoms with Crippen molar-refractivity contribution < 1.29 is 4.92 Å². The summed E-state index contributed by atoms with van der Waals surface area (Å²) in [5.74, 6) is 0.00341. The molecule has 1 aliphatic rings. The molecule has 98 valence electrons. The van der Waals surface area contributed by atoms with E-state index in [4.69, 9.17) is 5.73 Å². The first-order valence-electron chi connectivity index (χ1n) is 5.53. The monoisotopic (exact) mass is 253 g/mol. The molecule has 0 radical (unpaired) electrons. The van der Waals surface area contributed by atoms with Crippen molar-refractivity contribution in [3.8, 4) is 0 Å². The van der Waals surface area contributed by atoms with Crippen molar-refractivity contribution in [3.05, 3.63) is 16.4 Å². The number of hydrogen-bond donors (Lipinski definition) is 2. The van der Waals surface area contributed by atoms with Gasteiger partial charge in [0, 0.05) is 26.2 Å². The second-order valence-electron chi connectivity index (χ2n) is 4.12. The lowest BCUT2D eigenvalue weighted by atomic mass is 10.4. The van der Waals surface area contributed by atoms with Gasteiger partial charge in [-0.25, -0.2) is 15.0 Å². The van der Waals surface area contributed by atoms with Gasteiger partial charge < -0.3 is 10.6 Å². The summed E-state index contributed by atoms with van der Waals surface area (Å²) in [4.78, 5) is 20.0. The Morgan fingerprint density at radius 3 is 2.67 bits per heavy atom.